The smallest absolute Gasteiger partial charge is 0.254 e. The minimum atomic E-state index is -0.0105. The van der Waals surface area contributed by atoms with Crippen molar-refractivity contribution in [1.29, 1.82) is 0 Å². The van der Waals surface area contributed by atoms with Crippen LogP contribution in [0.1, 0.15) is 16.8 Å². The van der Waals surface area contributed by atoms with Gasteiger partial charge in [-0.15, -0.1) is 11.6 Å². The molecule has 1 N–H and O–H groups in total. The number of amides is 1. The van der Waals surface area contributed by atoms with Crippen molar-refractivity contribution in [1.82, 2.24) is 9.80 Å². The van der Waals surface area contributed by atoms with E-state index in [0.717, 1.165) is 32.6 Å². The molecule has 0 aliphatic carbocycles. The molecule has 1 aromatic rings. The van der Waals surface area contributed by atoms with Crippen molar-refractivity contribution in [3.63, 3.8) is 0 Å². The molecular formula is C14H19ClN2O2. The van der Waals surface area contributed by atoms with E-state index >= 15 is 0 Å². The number of carbonyl (C=O) groups is 1. The maximum absolute atomic E-state index is 12.3. The van der Waals surface area contributed by atoms with Gasteiger partial charge in [0, 0.05) is 37.6 Å². The van der Waals surface area contributed by atoms with E-state index < -0.39 is 0 Å². The zero-order valence-electron chi connectivity index (χ0n) is 10.9. The molecule has 1 aliphatic rings. The van der Waals surface area contributed by atoms with Crippen LogP contribution < -0.4 is 0 Å². The summed E-state index contributed by atoms with van der Waals surface area (Å²) in [6, 6.07) is 6.52. The second kappa shape index (κ2) is 6.78. The quantitative estimate of drug-likeness (QED) is 0.860. The zero-order valence-corrected chi connectivity index (χ0v) is 11.6. The average Bonchev–Trinajstić information content (AvgIpc) is 2.64. The second-order valence-electron chi connectivity index (χ2n) is 4.73. The van der Waals surface area contributed by atoms with Crippen molar-refractivity contribution in [2.75, 3.05) is 38.6 Å². The monoisotopic (exact) mass is 282 g/mol. The van der Waals surface area contributed by atoms with Gasteiger partial charge >= 0.3 is 0 Å². The first-order valence-electron chi connectivity index (χ1n) is 6.57. The normalized spacial score (nSPS) is 17.2. The Morgan fingerprint density at radius 2 is 2.11 bits per heavy atom. The molecule has 0 atom stereocenters. The van der Waals surface area contributed by atoms with Crippen molar-refractivity contribution in [2.45, 2.75) is 6.42 Å². The number of halogens is 1. The Morgan fingerprint density at radius 3 is 2.84 bits per heavy atom. The fourth-order valence-electron chi connectivity index (χ4n) is 2.34. The first-order chi connectivity index (χ1) is 9.20. The van der Waals surface area contributed by atoms with E-state index in [0.29, 0.717) is 18.0 Å². The van der Waals surface area contributed by atoms with E-state index in [4.69, 9.17) is 11.6 Å². The molecule has 0 unspecified atom stereocenters. The van der Waals surface area contributed by atoms with Crippen molar-refractivity contribution in [2.24, 2.45) is 0 Å². The number of hydrogen-bond donors (Lipinski definition) is 1. The van der Waals surface area contributed by atoms with Gasteiger partial charge in [0.25, 0.3) is 5.91 Å². The Kier molecular flexibility index (Phi) is 5.05. The first kappa shape index (κ1) is 14.2. The van der Waals surface area contributed by atoms with Gasteiger partial charge in [-0.1, -0.05) is 6.07 Å². The lowest BCUT2D eigenvalue weighted by Crippen LogP contribution is -2.35. The molecular weight excluding hydrogens is 264 g/mol. The van der Waals surface area contributed by atoms with Crippen LogP contribution in [0, 0.1) is 0 Å². The lowest BCUT2D eigenvalue weighted by atomic mass is 10.2. The molecule has 4 nitrogen and oxygen atoms in total. The number of phenols is 1. The molecule has 0 radical (unpaired) electrons. The minimum absolute atomic E-state index is 0.0105. The van der Waals surface area contributed by atoms with Crippen LogP contribution in [-0.4, -0.2) is 59.4 Å². The molecule has 0 spiro atoms. The molecule has 5 heteroatoms. The van der Waals surface area contributed by atoms with Gasteiger partial charge in [0.2, 0.25) is 0 Å². The molecule has 19 heavy (non-hydrogen) atoms. The molecule has 0 bridgehead atoms. The summed E-state index contributed by atoms with van der Waals surface area (Å²) in [7, 11) is 0. The van der Waals surface area contributed by atoms with E-state index in [1.807, 2.05) is 4.90 Å². The Morgan fingerprint density at radius 1 is 1.26 bits per heavy atom. The number of benzene rings is 1. The van der Waals surface area contributed by atoms with Gasteiger partial charge in [-0.2, -0.15) is 0 Å². The Balaban J connectivity index is 2.00. The molecule has 104 valence electrons. The van der Waals surface area contributed by atoms with Gasteiger partial charge in [-0.05, 0) is 31.2 Å². The van der Waals surface area contributed by atoms with Crippen molar-refractivity contribution in [3.8, 4) is 5.75 Å². The summed E-state index contributed by atoms with van der Waals surface area (Å²) in [6.45, 7) is 4.18. The maximum Gasteiger partial charge on any atom is 0.254 e. The molecule has 1 fully saturated rings. The Bertz CT molecular complexity index is 439. The third-order valence-corrected chi connectivity index (χ3v) is 3.54. The molecule has 0 aromatic heterocycles. The summed E-state index contributed by atoms with van der Waals surface area (Å²) in [4.78, 5) is 16.5. The highest BCUT2D eigenvalue weighted by molar-refractivity contribution is 6.18. The predicted molar refractivity (Wildman–Crippen MR) is 75.8 cm³/mol. The molecule has 1 amide bonds. The highest BCUT2D eigenvalue weighted by Crippen LogP contribution is 2.14. The van der Waals surface area contributed by atoms with E-state index in [1.165, 1.54) is 6.07 Å². The standard InChI is InChI=1S/C14H19ClN2O2/c15-5-8-16-6-2-7-17(10-9-16)14(19)12-3-1-4-13(18)11-12/h1,3-4,11,18H,2,5-10H2. The Hall–Kier alpha value is -1.26. The zero-order chi connectivity index (χ0) is 13.7. The van der Waals surface area contributed by atoms with E-state index in [1.54, 1.807) is 18.2 Å². The fourth-order valence-corrected chi connectivity index (χ4v) is 2.58. The number of aromatic hydroxyl groups is 1. The van der Waals surface area contributed by atoms with E-state index in [-0.39, 0.29) is 11.7 Å². The lowest BCUT2D eigenvalue weighted by Gasteiger charge is -2.21. The van der Waals surface area contributed by atoms with Crippen LogP contribution in [-0.2, 0) is 0 Å². The largest absolute Gasteiger partial charge is 0.508 e. The second-order valence-corrected chi connectivity index (χ2v) is 5.10. The van der Waals surface area contributed by atoms with Crippen LogP contribution in [0.15, 0.2) is 24.3 Å². The third kappa shape index (κ3) is 3.85. The van der Waals surface area contributed by atoms with Gasteiger partial charge in [-0.25, -0.2) is 0 Å². The first-order valence-corrected chi connectivity index (χ1v) is 7.11. The summed E-state index contributed by atoms with van der Waals surface area (Å²) in [5.41, 5.74) is 0.547. The van der Waals surface area contributed by atoms with E-state index in [2.05, 4.69) is 4.90 Å². The topological polar surface area (TPSA) is 43.8 Å². The number of hydrogen-bond acceptors (Lipinski definition) is 3. The predicted octanol–water partition coefficient (Wildman–Crippen LogP) is 1.78. The SMILES string of the molecule is O=C(c1cccc(O)c1)N1CCCN(CCCl)CC1. The van der Waals surface area contributed by atoms with Crippen molar-refractivity contribution >= 4 is 17.5 Å². The summed E-state index contributed by atoms with van der Waals surface area (Å²) in [6.07, 6.45) is 0.960. The molecule has 1 aromatic carbocycles. The highest BCUT2D eigenvalue weighted by Gasteiger charge is 2.20. The van der Waals surface area contributed by atoms with Crippen LogP contribution in [0.5, 0.6) is 5.75 Å². The third-order valence-electron chi connectivity index (χ3n) is 3.37. The summed E-state index contributed by atoms with van der Waals surface area (Å²) in [5, 5.41) is 9.43. The molecule has 1 heterocycles. The van der Waals surface area contributed by atoms with Crippen molar-refractivity contribution < 1.29 is 9.90 Å². The summed E-state index contributed by atoms with van der Waals surface area (Å²) < 4.78 is 0. The van der Waals surface area contributed by atoms with Crippen LogP contribution >= 0.6 is 11.6 Å². The van der Waals surface area contributed by atoms with Crippen LogP contribution in [0.3, 0.4) is 0 Å². The van der Waals surface area contributed by atoms with Gasteiger partial charge in [0.05, 0.1) is 0 Å². The number of rotatable bonds is 3. The van der Waals surface area contributed by atoms with Gasteiger partial charge in [0.1, 0.15) is 5.75 Å². The average molecular weight is 283 g/mol. The van der Waals surface area contributed by atoms with E-state index in [9.17, 15) is 9.90 Å². The van der Waals surface area contributed by atoms with Crippen LogP contribution in [0.25, 0.3) is 0 Å². The van der Waals surface area contributed by atoms with Gasteiger partial charge < -0.3 is 14.9 Å². The van der Waals surface area contributed by atoms with Gasteiger partial charge in [-0.3, -0.25) is 4.79 Å². The van der Waals surface area contributed by atoms with Crippen molar-refractivity contribution in [3.05, 3.63) is 29.8 Å². The van der Waals surface area contributed by atoms with Crippen LogP contribution in [0.4, 0.5) is 0 Å². The molecule has 0 saturated carbocycles. The lowest BCUT2D eigenvalue weighted by molar-refractivity contribution is 0.0761. The number of nitrogens with zero attached hydrogens (tertiary/aromatic N) is 2. The Labute approximate surface area is 118 Å². The number of alkyl halides is 1. The highest BCUT2D eigenvalue weighted by atomic mass is 35.5. The fraction of sp³-hybridized carbons (Fsp3) is 0.500. The minimum Gasteiger partial charge on any atom is -0.508 e. The van der Waals surface area contributed by atoms with Gasteiger partial charge in [0.15, 0.2) is 0 Å². The maximum atomic E-state index is 12.3. The molecule has 1 aliphatic heterocycles. The molecule has 1 saturated heterocycles. The number of carbonyl (C=O) groups excluding carboxylic acids is 1. The summed E-state index contributed by atoms with van der Waals surface area (Å²) in [5.74, 6) is 0.744. The number of phenolic OH excluding ortho intramolecular Hbond substituents is 1. The summed E-state index contributed by atoms with van der Waals surface area (Å²) >= 11 is 5.75. The van der Waals surface area contributed by atoms with Crippen LogP contribution in [0.2, 0.25) is 0 Å². The molecule has 2 rings (SSSR count).